The predicted octanol–water partition coefficient (Wildman–Crippen LogP) is 1.70. The van der Waals surface area contributed by atoms with Crippen molar-refractivity contribution >= 4 is 5.95 Å². The van der Waals surface area contributed by atoms with Gasteiger partial charge < -0.3 is 14.5 Å². The van der Waals surface area contributed by atoms with E-state index in [2.05, 4.69) is 20.3 Å². The molecule has 0 aliphatic carbocycles. The summed E-state index contributed by atoms with van der Waals surface area (Å²) >= 11 is 0. The summed E-state index contributed by atoms with van der Waals surface area (Å²) in [6, 6.07) is 1.76. The van der Waals surface area contributed by atoms with Gasteiger partial charge in [-0.3, -0.25) is 0 Å². The van der Waals surface area contributed by atoms with Gasteiger partial charge in [-0.1, -0.05) is 0 Å². The first-order valence-corrected chi connectivity index (χ1v) is 5.22. The third kappa shape index (κ3) is 2.93. The summed E-state index contributed by atoms with van der Waals surface area (Å²) in [5.41, 5.74) is 0.836. The Hall–Kier alpha value is -2.11. The lowest BCUT2D eigenvalue weighted by atomic mass is 10.4. The Morgan fingerprint density at radius 1 is 1.35 bits per heavy atom. The summed E-state index contributed by atoms with van der Waals surface area (Å²) in [4.78, 5) is 12.5. The second-order valence-corrected chi connectivity index (χ2v) is 3.59. The molecule has 0 aliphatic heterocycles. The first kappa shape index (κ1) is 11.4. The quantitative estimate of drug-likeness (QED) is 0.868. The number of methoxy groups -OCH3 is 1. The van der Waals surface area contributed by atoms with Crippen LogP contribution in [0, 0.1) is 13.8 Å². The van der Waals surface area contributed by atoms with Crippen molar-refractivity contribution in [2.45, 2.75) is 20.4 Å². The molecule has 1 N–H and O–H groups in total. The van der Waals surface area contributed by atoms with Gasteiger partial charge in [-0.15, -0.1) is 0 Å². The van der Waals surface area contributed by atoms with Crippen molar-refractivity contribution in [3.63, 3.8) is 0 Å². The fourth-order valence-electron chi connectivity index (χ4n) is 1.36. The molecule has 2 heterocycles. The number of hydrogen-bond acceptors (Lipinski definition) is 6. The Bertz CT molecular complexity index is 510. The molecule has 17 heavy (non-hydrogen) atoms. The smallest absolute Gasteiger partial charge is 0.226 e. The van der Waals surface area contributed by atoms with E-state index in [0.29, 0.717) is 24.3 Å². The minimum atomic E-state index is 0.445. The molecule has 6 nitrogen and oxygen atoms in total. The first-order chi connectivity index (χ1) is 8.17. The Labute approximate surface area is 99.1 Å². The number of nitrogens with zero attached hydrogens (tertiary/aromatic N) is 3. The molecule has 0 spiro atoms. The zero-order valence-electron chi connectivity index (χ0n) is 10.0. The van der Waals surface area contributed by atoms with Crippen molar-refractivity contribution < 1.29 is 9.15 Å². The molecule has 0 amide bonds. The van der Waals surface area contributed by atoms with Crippen LogP contribution in [0.4, 0.5) is 5.95 Å². The maximum absolute atomic E-state index is 5.33. The molecule has 0 aromatic carbocycles. The average Bonchev–Trinajstić information content (AvgIpc) is 2.72. The van der Waals surface area contributed by atoms with Crippen LogP contribution in [-0.2, 0) is 6.54 Å². The first-order valence-electron chi connectivity index (χ1n) is 5.22. The Morgan fingerprint density at radius 2 is 2.18 bits per heavy atom. The van der Waals surface area contributed by atoms with E-state index in [0.717, 1.165) is 11.5 Å². The highest BCUT2D eigenvalue weighted by Gasteiger charge is 2.04. The number of rotatable bonds is 4. The third-order valence-electron chi connectivity index (χ3n) is 2.11. The summed E-state index contributed by atoms with van der Waals surface area (Å²) in [5.74, 6) is 2.41. The van der Waals surface area contributed by atoms with Crippen LogP contribution >= 0.6 is 0 Å². The summed E-state index contributed by atoms with van der Waals surface area (Å²) in [7, 11) is 1.57. The molecule has 0 bridgehead atoms. The van der Waals surface area contributed by atoms with Gasteiger partial charge in [0.15, 0.2) is 0 Å². The number of ether oxygens (including phenoxy) is 1. The highest BCUT2D eigenvalue weighted by molar-refractivity contribution is 5.30. The zero-order chi connectivity index (χ0) is 12.3. The SMILES string of the molecule is COc1cc(C)nc(NCc2ncc(C)o2)n1. The van der Waals surface area contributed by atoms with Gasteiger partial charge in [-0.05, 0) is 13.8 Å². The minimum Gasteiger partial charge on any atom is -0.481 e. The van der Waals surface area contributed by atoms with Crippen molar-refractivity contribution in [2.75, 3.05) is 12.4 Å². The molecule has 0 unspecified atom stereocenters. The fraction of sp³-hybridized carbons (Fsp3) is 0.364. The van der Waals surface area contributed by atoms with Gasteiger partial charge in [0.05, 0.1) is 19.9 Å². The van der Waals surface area contributed by atoms with E-state index in [9.17, 15) is 0 Å². The van der Waals surface area contributed by atoms with Crippen molar-refractivity contribution in [1.82, 2.24) is 15.0 Å². The molecule has 0 radical (unpaired) electrons. The summed E-state index contributed by atoms with van der Waals surface area (Å²) < 4.78 is 10.4. The second-order valence-electron chi connectivity index (χ2n) is 3.59. The number of hydrogen-bond donors (Lipinski definition) is 1. The van der Waals surface area contributed by atoms with E-state index < -0.39 is 0 Å². The molecule has 0 aliphatic rings. The average molecular weight is 234 g/mol. The maximum Gasteiger partial charge on any atom is 0.226 e. The number of nitrogens with one attached hydrogen (secondary N) is 1. The minimum absolute atomic E-state index is 0.445. The Balaban J connectivity index is 2.05. The molecule has 2 aromatic rings. The topological polar surface area (TPSA) is 73.1 Å². The van der Waals surface area contributed by atoms with Gasteiger partial charge in [-0.25, -0.2) is 9.97 Å². The summed E-state index contributed by atoms with van der Waals surface area (Å²) in [5, 5.41) is 3.03. The summed E-state index contributed by atoms with van der Waals surface area (Å²) in [6.07, 6.45) is 1.68. The van der Waals surface area contributed by atoms with E-state index in [-0.39, 0.29) is 0 Å². The van der Waals surface area contributed by atoms with Crippen molar-refractivity contribution in [2.24, 2.45) is 0 Å². The lowest BCUT2D eigenvalue weighted by molar-refractivity contribution is 0.396. The maximum atomic E-state index is 5.33. The molecule has 2 rings (SSSR count). The number of anilines is 1. The van der Waals surface area contributed by atoms with E-state index in [1.54, 1.807) is 19.4 Å². The van der Waals surface area contributed by atoms with Crippen molar-refractivity contribution in [3.05, 3.63) is 29.6 Å². The zero-order valence-corrected chi connectivity index (χ0v) is 10.0. The molecule has 90 valence electrons. The third-order valence-corrected chi connectivity index (χ3v) is 2.11. The van der Waals surface area contributed by atoms with Gasteiger partial charge in [0.2, 0.25) is 17.7 Å². The molecular formula is C11H14N4O2. The van der Waals surface area contributed by atoms with Gasteiger partial charge >= 0.3 is 0 Å². The number of oxazole rings is 1. The molecular weight excluding hydrogens is 220 g/mol. The highest BCUT2D eigenvalue weighted by Crippen LogP contribution is 2.12. The highest BCUT2D eigenvalue weighted by atomic mass is 16.5. The molecule has 0 saturated carbocycles. The number of aryl methyl sites for hydroxylation is 2. The van der Waals surface area contributed by atoms with Crippen LogP contribution in [0.1, 0.15) is 17.3 Å². The molecule has 6 heteroatoms. The Morgan fingerprint density at radius 3 is 2.82 bits per heavy atom. The van der Waals surface area contributed by atoms with Crippen molar-refractivity contribution in [1.29, 1.82) is 0 Å². The summed E-state index contributed by atoms with van der Waals surface area (Å²) in [6.45, 7) is 4.17. The van der Waals surface area contributed by atoms with Gasteiger partial charge in [0.25, 0.3) is 0 Å². The van der Waals surface area contributed by atoms with Gasteiger partial charge in [-0.2, -0.15) is 4.98 Å². The fourth-order valence-corrected chi connectivity index (χ4v) is 1.36. The Kier molecular flexibility index (Phi) is 3.22. The van der Waals surface area contributed by atoms with Crippen LogP contribution in [0.15, 0.2) is 16.7 Å². The largest absolute Gasteiger partial charge is 0.481 e. The van der Waals surface area contributed by atoms with Crippen LogP contribution in [-0.4, -0.2) is 22.1 Å². The van der Waals surface area contributed by atoms with E-state index in [1.165, 1.54) is 0 Å². The second kappa shape index (κ2) is 4.82. The lowest BCUT2D eigenvalue weighted by Gasteiger charge is -2.05. The van der Waals surface area contributed by atoms with Gasteiger partial charge in [0, 0.05) is 11.8 Å². The van der Waals surface area contributed by atoms with Gasteiger partial charge in [0.1, 0.15) is 5.76 Å². The van der Waals surface area contributed by atoms with Crippen LogP contribution in [0.3, 0.4) is 0 Å². The van der Waals surface area contributed by atoms with Crippen LogP contribution < -0.4 is 10.1 Å². The monoisotopic (exact) mass is 234 g/mol. The van der Waals surface area contributed by atoms with Crippen LogP contribution in [0.25, 0.3) is 0 Å². The molecule has 2 aromatic heterocycles. The van der Waals surface area contributed by atoms with E-state index >= 15 is 0 Å². The molecule has 0 saturated heterocycles. The van der Waals surface area contributed by atoms with E-state index in [1.807, 2.05) is 13.8 Å². The predicted molar refractivity (Wildman–Crippen MR) is 61.9 cm³/mol. The van der Waals surface area contributed by atoms with Crippen LogP contribution in [0.5, 0.6) is 5.88 Å². The van der Waals surface area contributed by atoms with Crippen LogP contribution in [0.2, 0.25) is 0 Å². The number of aromatic nitrogens is 3. The van der Waals surface area contributed by atoms with Crippen molar-refractivity contribution in [3.8, 4) is 5.88 Å². The standard InChI is InChI=1S/C11H14N4O2/c1-7-4-9(16-3)15-11(14-7)13-6-10-12-5-8(2)17-10/h4-5H,6H2,1-3H3,(H,13,14,15). The lowest BCUT2D eigenvalue weighted by Crippen LogP contribution is -2.05. The molecule has 0 atom stereocenters. The molecule has 0 fully saturated rings. The van der Waals surface area contributed by atoms with E-state index in [4.69, 9.17) is 9.15 Å². The normalized spacial score (nSPS) is 10.3.